The van der Waals surface area contributed by atoms with Crippen molar-refractivity contribution in [2.45, 2.75) is 32.2 Å². The van der Waals surface area contributed by atoms with Gasteiger partial charge in [-0.15, -0.1) is 0 Å². The van der Waals surface area contributed by atoms with Crippen LogP contribution in [0.4, 0.5) is 4.79 Å². The van der Waals surface area contributed by atoms with E-state index < -0.39 is 6.09 Å². The minimum absolute atomic E-state index is 0.0532. The van der Waals surface area contributed by atoms with Crippen molar-refractivity contribution in [1.82, 2.24) is 15.1 Å². The van der Waals surface area contributed by atoms with Crippen LogP contribution in [0.15, 0.2) is 60.9 Å². The summed E-state index contributed by atoms with van der Waals surface area (Å²) in [6.45, 7) is 6.75. The molecule has 0 atom stereocenters. The van der Waals surface area contributed by atoms with Crippen LogP contribution in [0, 0.1) is 11.8 Å². The van der Waals surface area contributed by atoms with Gasteiger partial charge in [0.15, 0.2) is 0 Å². The number of hydrogen-bond acceptors (Lipinski definition) is 3. The van der Waals surface area contributed by atoms with E-state index in [2.05, 4.69) is 67.3 Å². The van der Waals surface area contributed by atoms with E-state index in [1.165, 1.54) is 22.3 Å². The summed E-state index contributed by atoms with van der Waals surface area (Å²) < 4.78 is 7.38. The highest BCUT2D eigenvalue weighted by Crippen LogP contribution is 2.44. The average Bonchev–Trinajstić information content (AvgIpc) is 3.33. The van der Waals surface area contributed by atoms with Crippen molar-refractivity contribution < 1.29 is 9.53 Å². The van der Waals surface area contributed by atoms with Gasteiger partial charge in [-0.1, -0.05) is 60.4 Å². The predicted molar refractivity (Wildman–Crippen MR) is 117 cm³/mol. The first kappa shape index (κ1) is 19.8. The number of hydrogen-bond donors (Lipinski definition) is 1. The lowest BCUT2D eigenvalue weighted by Gasteiger charge is -2.18. The molecule has 1 N–H and O–H groups in total. The number of fused-ring (bicyclic) bond motifs is 3. The molecule has 1 amide bonds. The Labute approximate surface area is 177 Å². The van der Waals surface area contributed by atoms with Gasteiger partial charge in [-0.25, -0.2) is 4.79 Å². The topological polar surface area (TPSA) is 56.2 Å². The molecular weight excluding hydrogens is 374 g/mol. The van der Waals surface area contributed by atoms with Crippen molar-refractivity contribution in [3.8, 4) is 23.0 Å². The molecule has 0 bridgehead atoms. The Morgan fingerprint density at radius 2 is 1.73 bits per heavy atom. The van der Waals surface area contributed by atoms with E-state index in [0.717, 1.165) is 5.56 Å². The summed E-state index contributed by atoms with van der Waals surface area (Å²) in [6.07, 6.45) is 3.17. The van der Waals surface area contributed by atoms with Crippen molar-refractivity contribution in [3.63, 3.8) is 0 Å². The van der Waals surface area contributed by atoms with Gasteiger partial charge < -0.3 is 10.1 Å². The molecule has 0 unspecified atom stereocenters. The zero-order valence-electron chi connectivity index (χ0n) is 17.5. The Morgan fingerprint density at radius 3 is 2.33 bits per heavy atom. The number of aromatic nitrogens is 2. The van der Waals surface area contributed by atoms with Gasteiger partial charge in [0.05, 0.1) is 23.8 Å². The lowest BCUT2D eigenvalue weighted by Crippen LogP contribution is -2.26. The van der Waals surface area contributed by atoms with Crippen molar-refractivity contribution in [2.24, 2.45) is 0 Å². The molecule has 0 fully saturated rings. The lowest BCUT2D eigenvalue weighted by atomic mass is 9.98. The highest BCUT2D eigenvalue weighted by molar-refractivity contribution is 5.79. The summed E-state index contributed by atoms with van der Waals surface area (Å²) in [5, 5.41) is 7.01. The first-order chi connectivity index (χ1) is 14.4. The third-order valence-corrected chi connectivity index (χ3v) is 5.17. The molecule has 30 heavy (non-hydrogen) atoms. The summed E-state index contributed by atoms with van der Waals surface area (Å²) >= 11 is 0. The predicted octanol–water partition coefficient (Wildman–Crippen LogP) is 4.53. The Hall–Kier alpha value is -3.52. The second-order valence-corrected chi connectivity index (χ2v) is 8.33. The standard InChI is InChI=1S/C25H25N3O2/c1-25(2,3)28-16-18(15-27-28)9-8-14-26-24(29)30-17-23-21-12-6-4-10-19(21)20-11-5-7-13-22(20)23/h4-7,10-13,15-16,23H,14,17H2,1-3H3,(H,26,29). The van der Waals surface area contributed by atoms with E-state index >= 15 is 0 Å². The zero-order chi connectivity index (χ0) is 21.1. The fraction of sp³-hybridized carbons (Fsp3) is 0.280. The molecular formula is C25H25N3O2. The maximum Gasteiger partial charge on any atom is 0.407 e. The zero-order valence-corrected chi connectivity index (χ0v) is 17.5. The largest absolute Gasteiger partial charge is 0.449 e. The summed E-state index contributed by atoms with van der Waals surface area (Å²) in [5.41, 5.74) is 5.55. The molecule has 4 rings (SSSR count). The molecule has 1 aliphatic carbocycles. The van der Waals surface area contributed by atoms with Crippen LogP contribution in [0.1, 0.15) is 43.4 Å². The van der Waals surface area contributed by atoms with Crippen LogP contribution >= 0.6 is 0 Å². The molecule has 1 aromatic heterocycles. The SMILES string of the molecule is CC(C)(C)n1cc(C#CCNC(=O)OCC2c3ccccc3-c3ccccc32)cn1. The molecule has 5 heteroatoms. The smallest absolute Gasteiger partial charge is 0.407 e. The molecule has 3 aromatic rings. The number of amides is 1. The van der Waals surface area contributed by atoms with Gasteiger partial charge in [0, 0.05) is 12.1 Å². The van der Waals surface area contributed by atoms with Crippen molar-refractivity contribution in [2.75, 3.05) is 13.2 Å². The highest BCUT2D eigenvalue weighted by Gasteiger charge is 2.28. The van der Waals surface area contributed by atoms with Crippen LogP contribution in [-0.2, 0) is 10.3 Å². The van der Waals surface area contributed by atoms with Gasteiger partial charge in [0.2, 0.25) is 0 Å². The number of nitrogens with zero attached hydrogens (tertiary/aromatic N) is 2. The molecule has 1 heterocycles. The quantitative estimate of drug-likeness (QED) is 0.659. The number of carbonyl (C=O) groups excluding carboxylic acids is 1. The molecule has 1 aliphatic rings. The van der Waals surface area contributed by atoms with Gasteiger partial charge in [-0.2, -0.15) is 5.10 Å². The van der Waals surface area contributed by atoms with Crippen LogP contribution in [0.5, 0.6) is 0 Å². The molecule has 0 radical (unpaired) electrons. The average molecular weight is 399 g/mol. The van der Waals surface area contributed by atoms with Crippen molar-refractivity contribution in [1.29, 1.82) is 0 Å². The maximum absolute atomic E-state index is 12.2. The second-order valence-electron chi connectivity index (χ2n) is 8.33. The van der Waals surface area contributed by atoms with E-state index in [1.54, 1.807) is 6.20 Å². The number of ether oxygens (including phenoxy) is 1. The van der Waals surface area contributed by atoms with Crippen LogP contribution < -0.4 is 5.32 Å². The van der Waals surface area contributed by atoms with Crippen molar-refractivity contribution >= 4 is 6.09 Å². The molecule has 2 aromatic carbocycles. The van der Waals surface area contributed by atoms with E-state index in [0.29, 0.717) is 6.61 Å². The monoisotopic (exact) mass is 399 g/mol. The van der Waals surface area contributed by atoms with Crippen LogP contribution in [0.3, 0.4) is 0 Å². The van der Waals surface area contributed by atoms with Crippen LogP contribution in [0.25, 0.3) is 11.1 Å². The Bertz CT molecular complexity index is 1080. The van der Waals surface area contributed by atoms with Gasteiger partial charge in [-0.3, -0.25) is 4.68 Å². The number of benzene rings is 2. The van der Waals surface area contributed by atoms with Crippen molar-refractivity contribution in [3.05, 3.63) is 77.6 Å². The maximum atomic E-state index is 12.2. The molecule has 0 spiro atoms. The summed E-state index contributed by atoms with van der Waals surface area (Å²) in [6, 6.07) is 16.6. The van der Waals surface area contributed by atoms with E-state index in [1.807, 2.05) is 35.1 Å². The fourth-order valence-electron chi connectivity index (χ4n) is 3.67. The first-order valence-electron chi connectivity index (χ1n) is 10.1. The number of nitrogens with one attached hydrogen (secondary N) is 1. The van der Waals surface area contributed by atoms with Gasteiger partial charge >= 0.3 is 6.09 Å². The van der Waals surface area contributed by atoms with E-state index in [-0.39, 0.29) is 18.0 Å². The number of alkyl carbamates (subject to hydrolysis) is 1. The summed E-state index contributed by atoms with van der Waals surface area (Å²) in [4.78, 5) is 12.2. The minimum Gasteiger partial charge on any atom is -0.449 e. The third kappa shape index (κ3) is 4.08. The number of carbonyl (C=O) groups is 1. The fourth-order valence-corrected chi connectivity index (χ4v) is 3.67. The van der Waals surface area contributed by atoms with Gasteiger partial charge in [0.1, 0.15) is 6.61 Å². The van der Waals surface area contributed by atoms with Crippen LogP contribution in [0.2, 0.25) is 0 Å². The second kappa shape index (κ2) is 8.08. The number of rotatable bonds is 3. The molecule has 5 nitrogen and oxygen atoms in total. The normalized spacial score (nSPS) is 12.5. The van der Waals surface area contributed by atoms with Gasteiger partial charge in [-0.05, 0) is 43.0 Å². The Balaban J connectivity index is 1.33. The highest BCUT2D eigenvalue weighted by atomic mass is 16.5. The van der Waals surface area contributed by atoms with Crippen LogP contribution in [-0.4, -0.2) is 29.0 Å². The molecule has 152 valence electrons. The van der Waals surface area contributed by atoms with E-state index in [4.69, 9.17) is 4.74 Å². The van der Waals surface area contributed by atoms with E-state index in [9.17, 15) is 4.79 Å². The Kier molecular flexibility index (Phi) is 5.33. The lowest BCUT2D eigenvalue weighted by molar-refractivity contribution is 0.144. The Morgan fingerprint density at radius 1 is 1.10 bits per heavy atom. The molecule has 0 saturated carbocycles. The third-order valence-electron chi connectivity index (χ3n) is 5.17. The summed E-state index contributed by atoms with van der Waals surface area (Å²) in [7, 11) is 0. The minimum atomic E-state index is -0.462. The van der Waals surface area contributed by atoms with Gasteiger partial charge in [0.25, 0.3) is 0 Å². The molecule has 0 saturated heterocycles. The molecule has 0 aliphatic heterocycles. The summed E-state index contributed by atoms with van der Waals surface area (Å²) in [5.74, 6) is 6.01. The first-order valence-corrected chi connectivity index (χ1v) is 10.1.